The van der Waals surface area contributed by atoms with Crippen LogP contribution in [-0.2, 0) is 9.53 Å². The molecule has 1 heterocycles. The highest BCUT2D eigenvalue weighted by Crippen LogP contribution is 2.22. The molecule has 2 nitrogen and oxygen atoms in total. The van der Waals surface area contributed by atoms with Crippen LogP contribution in [0.15, 0.2) is 12.2 Å². The number of ether oxygens (including phenoxy) is 1. The average molecular weight is 166 g/mol. The lowest BCUT2D eigenvalue weighted by Gasteiger charge is -2.10. The molecule has 2 bridgehead atoms. The normalized spacial score (nSPS) is 35.8. The van der Waals surface area contributed by atoms with E-state index in [-0.39, 0.29) is 0 Å². The Hall–Kier alpha value is -0.630. The Bertz CT molecular complexity index is 208. The number of Topliss-reactive ketones (excluding diaryl/α,β-unsaturated/α-hetero) is 1. The average Bonchev–Trinajstić information content (AvgIpc) is 2.20. The number of carbonyl (C=O) groups excluding carboxylic acids is 1. The van der Waals surface area contributed by atoms with Crippen molar-refractivity contribution in [2.24, 2.45) is 11.8 Å². The van der Waals surface area contributed by atoms with Gasteiger partial charge in [0.1, 0.15) is 5.78 Å². The molecule has 1 aliphatic heterocycles. The topological polar surface area (TPSA) is 26.3 Å². The minimum Gasteiger partial charge on any atom is -0.380 e. The van der Waals surface area contributed by atoms with E-state index in [0.29, 0.717) is 24.0 Å². The van der Waals surface area contributed by atoms with Gasteiger partial charge in [-0.15, -0.1) is 0 Å². The van der Waals surface area contributed by atoms with Crippen molar-refractivity contribution in [2.75, 3.05) is 13.2 Å². The summed E-state index contributed by atoms with van der Waals surface area (Å²) in [6, 6.07) is 0. The second-order valence-corrected chi connectivity index (χ2v) is 3.72. The summed E-state index contributed by atoms with van der Waals surface area (Å²) in [7, 11) is 0. The molecule has 2 aliphatic rings. The summed E-state index contributed by atoms with van der Waals surface area (Å²) in [5, 5.41) is 0. The van der Waals surface area contributed by atoms with Crippen molar-refractivity contribution >= 4 is 5.78 Å². The van der Waals surface area contributed by atoms with E-state index in [2.05, 4.69) is 12.2 Å². The zero-order valence-corrected chi connectivity index (χ0v) is 7.16. The van der Waals surface area contributed by atoms with Crippen LogP contribution in [0.4, 0.5) is 0 Å². The van der Waals surface area contributed by atoms with Gasteiger partial charge in [-0.3, -0.25) is 4.79 Å². The van der Waals surface area contributed by atoms with E-state index in [0.717, 1.165) is 26.1 Å². The number of hydrogen-bond acceptors (Lipinski definition) is 2. The molecule has 1 aliphatic carbocycles. The third kappa shape index (κ3) is 1.75. The molecule has 0 aromatic carbocycles. The first-order valence-corrected chi connectivity index (χ1v) is 4.62. The minimum atomic E-state index is 0.350. The molecule has 12 heavy (non-hydrogen) atoms. The van der Waals surface area contributed by atoms with E-state index in [1.165, 1.54) is 0 Å². The molecular formula is C10H14O2. The monoisotopic (exact) mass is 166 g/mol. The summed E-state index contributed by atoms with van der Waals surface area (Å²) in [4.78, 5) is 11.3. The van der Waals surface area contributed by atoms with Crippen molar-refractivity contribution in [3.63, 3.8) is 0 Å². The van der Waals surface area contributed by atoms with Crippen molar-refractivity contribution in [3.05, 3.63) is 12.2 Å². The molecule has 0 amide bonds. The maximum Gasteiger partial charge on any atom is 0.133 e. The molecule has 0 saturated carbocycles. The highest BCUT2D eigenvalue weighted by Gasteiger charge is 2.20. The molecule has 0 N–H and O–H groups in total. The van der Waals surface area contributed by atoms with Gasteiger partial charge in [0, 0.05) is 24.7 Å². The Labute approximate surface area is 72.6 Å². The maximum absolute atomic E-state index is 11.3. The standard InChI is InChI=1S/C10H14O2/c11-10-4-3-8-1-2-9(5-10)7-12-6-8/h1-2,8-9H,3-7H2. The molecule has 2 heteroatoms. The lowest BCUT2D eigenvalue weighted by molar-refractivity contribution is -0.119. The zero-order chi connectivity index (χ0) is 8.39. The summed E-state index contributed by atoms with van der Waals surface area (Å²) < 4.78 is 5.48. The first-order chi connectivity index (χ1) is 5.84. The first-order valence-electron chi connectivity index (χ1n) is 4.62. The lowest BCUT2D eigenvalue weighted by Crippen LogP contribution is -2.11. The van der Waals surface area contributed by atoms with Crippen LogP contribution in [0.3, 0.4) is 0 Å². The molecular weight excluding hydrogens is 152 g/mol. The fourth-order valence-electron chi connectivity index (χ4n) is 1.84. The van der Waals surface area contributed by atoms with Crippen LogP contribution in [0.5, 0.6) is 0 Å². The molecule has 2 rings (SSSR count). The maximum atomic E-state index is 11.3. The Kier molecular flexibility index (Phi) is 2.26. The van der Waals surface area contributed by atoms with Crippen molar-refractivity contribution in [3.8, 4) is 0 Å². The summed E-state index contributed by atoms with van der Waals surface area (Å²) in [5.41, 5.74) is 0. The third-order valence-electron chi connectivity index (χ3n) is 2.60. The van der Waals surface area contributed by atoms with E-state index in [1.54, 1.807) is 0 Å². The van der Waals surface area contributed by atoms with E-state index in [1.807, 2.05) is 0 Å². The largest absolute Gasteiger partial charge is 0.380 e. The van der Waals surface area contributed by atoms with Crippen molar-refractivity contribution in [1.29, 1.82) is 0 Å². The van der Waals surface area contributed by atoms with Gasteiger partial charge in [0.15, 0.2) is 0 Å². The van der Waals surface area contributed by atoms with E-state index < -0.39 is 0 Å². The molecule has 0 fully saturated rings. The molecule has 66 valence electrons. The molecule has 0 radical (unpaired) electrons. The number of carbonyl (C=O) groups is 1. The molecule has 0 aromatic heterocycles. The minimum absolute atomic E-state index is 0.350. The number of hydrogen-bond donors (Lipinski definition) is 0. The Morgan fingerprint density at radius 3 is 2.92 bits per heavy atom. The predicted octanol–water partition coefficient (Wildman–Crippen LogP) is 1.56. The summed E-state index contributed by atoms with van der Waals surface area (Å²) in [6.07, 6.45) is 6.79. The van der Waals surface area contributed by atoms with Gasteiger partial charge in [0.2, 0.25) is 0 Å². The van der Waals surface area contributed by atoms with Crippen LogP contribution in [0.25, 0.3) is 0 Å². The van der Waals surface area contributed by atoms with Gasteiger partial charge in [0.25, 0.3) is 0 Å². The number of ketones is 1. The van der Waals surface area contributed by atoms with Gasteiger partial charge in [-0.2, -0.15) is 0 Å². The summed E-state index contributed by atoms with van der Waals surface area (Å²) >= 11 is 0. The highest BCUT2D eigenvalue weighted by atomic mass is 16.5. The molecule has 2 atom stereocenters. The fourth-order valence-corrected chi connectivity index (χ4v) is 1.84. The van der Waals surface area contributed by atoms with Gasteiger partial charge in [-0.25, -0.2) is 0 Å². The van der Waals surface area contributed by atoms with Gasteiger partial charge >= 0.3 is 0 Å². The number of rotatable bonds is 0. The van der Waals surface area contributed by atoms with Crippen LogP contribution in [-0.4, -0.2) is 19.0 Å². The second kappa shape index (κ2) is 3.40. The van der Waals surface area contributed by atoms with Crippen LogP contribution in [0.2, 0.25) is 0 Å². The van der Waals surface area contributed by atoms with E-state index >= 15 is 0 Å². The van der Waals surface area contributed by atoms with E-state index in [4.69, 9.17) is 4.74 Å². The van der Waals surface area contributed by atoms with Gasteiger partial charge < -0.3 is 4.74 Å². The molecule has 0 spiro atoms. The van der Waals surface area contributed by atoms with Crippen molar-refractivity contribution in [2.45, 2.75) is 19.3 Å². The van der Waals surface area contributed by atoms with Crippen LogP contribution >= 0.6 is 0 Å². The second-order valence-electron chi connectivity index (χ2n) is 3.72. The third-order valence-corrected chi connectivity index (χ3v) is 2.60. The summed E-state index contributed by atoms with van der Waals surface area (Å²) in [6.45, 7) is 1.54. The van der Waals surface area contributed by atoms with Crippen molar-refractivity contribution < 1.29 is 9.53 Å². The Morgan fingerprint density at radius 2 is 2.00 bits per heavy atom. The van der Waals surface area contributed by atoms with Crippen LogP contribution in [0.1, 0.15) is 19.3 Å². The van der Waals surface area contributed by atoms with E-state index in [9.17, 15) is 4.79 Å². The predicted molar refractivity (Wildman–Crippen MR) is 45.8 cm³/mol. The zero-order valence-electron chi connectivity index (χ0n) is 7.16. The molecule has 2 unspecified atom stereocenters. The van der Waals surface area contributed by atoms with Gasteiger partial charge in [-0.05, 0) is 6.42 Å². The molecule has 0 saturated heterocycles. The Morgan fingerprint density at radius 1 is 1.25 bits per heavy atom. The molecule has 0 aromatic rings. The van der Waals surface area contributed by atoms with Crippen LogP contribution in [0, 0.1) is 11.8 Å². The van der Waals surface area contributed by atoms with Crippen molar-refractivity contribution in [1.82, 2.24) is 0 Å². The highest BCUT2D eigenvalue weighted by molar-refractivity contribution is 5.79. The quantitative estimate of drug-likeness (QED) is 0.510. The Balaban J connectivity index is 2.14. The fraction of sp³-hybridized carbons (Fsp3) is 0.700. The SMILES string of the molecule is O=C1CCC2C=CC(COC2)C1. The summed E-state index contributed by atoms with van der Waals surface area (Å²) in [5.74, 6) is 1.24. The smallest absolute Gasteiger partial charge is 0.133 e. The van der Waals surface area contributed by atoms with Gasteiger partial charge in [-0.1, -0.05) is 12.2 Å². The van der Waals surface area contributed by atoms with Gasteiger partial charge in [0.05, 0.1) is 13.2 Å². The lowest BCUT2D eigenvalue weighted by atomic mass is 9.92. The first kappa shape index (κ1) is 7.99. The van der Waals surface area contributed by atoms with Crippen LogP contribution < -0.4 is 0 Å². The number of fused-ring (bicyclic) bond motifs is 2.